The summed E-state index contributed by atoms with van der Waals surface area (Å²) in [4.78, 5) is 42.1. The van der Waals surface area contributed by atoms with Crippen molar-refractivity contribution in [2.75, 3.05) is 17.2 Å². The Morgan fingerprint density at radius 2 is 1.74 bits per heavy atom. The van der Waals surface area contributed by atoms with Gasteiger partial charge in [0.2, 0.25) is 5.91 Å². The van der Waals surface area contributed by atoms with Crippen molar-refractivity contribution >= 4 is 33.3 Å². The van der Waals surface area contributed by atoms with Gasteiger partial charge in [-0.1, -0.05) is 71.7 Å². The Bertz CT molecular complexity index is 1150. The molecule has 7 nitrogen and oxygen atoms in total. The fraction of sp³-hybridized carbons (Fsp3) is 0.261. The van der Waals surface area contributed by atoms with Crippen LogP contribution in [0.3, 0.4) is 0 Å². The van der Waals surface area contributed by atoms with Crippen molar-refractivity contribution < 1.29 is 4.79 Å². The summed E-state index contributed by atoms with van der Waals surface area (Å²) in [6.07, 6.45) is 1.65. The highest BCUT2D eigenvalue weighted by Gasteiger charge is 2.24. The predicted octanol–water partition coefficient (Wildman–Crippen LogP) is 3.31. The number of carbonyl (C=O) groups excluding carboxylic acids is 1. The molecule has 0 spiro atoms. The van der Waals surface area contributed by atoms with Crippen LogP contribution in [0.15, 0.2) is 68.7 Å². The number of aromatic nitrogens is 2. The average Bonchev–Trinajstić information content (AvgIpc) is 2.75. The summed E-state index contributed by atoms with van der Waals surface area (Å²) in [7, 11) is 0. The summed E-state index contributed by atoms with van der Waals surface area (Å²) in [6.45, 7) is 2.53. The van der Waals surface area contributed by atoms with E-state index in [4.69, 9.17) is 5.73 Å². The van der Waals surface area contributed by atoms with Crippen LogP contribution in [0.1, 0.15) is 30.9 Å². The molecule has 0 aliphatic carbocycles. The maximum atomic E-state index is 13.2. The number of anilines is 2. The first-order valence-electron chi connectivity index (χ1n) is 10.1. The highest BCUT2D eigenvalue weighted by molar-refractivity contribution is 9.10. The number of hydrogen-bond acceptors (Lipinski definition) is 4. The molecule has 0 saturated heterocycles. The van der Waals surface area contributed by atoms with Gasteiger partial charge in [0.15, 0.2) is 5.69 Å². The zero-order valence-electron chi connectivity index (χ0n) is 17.3. The predicted molar refractivity (Wildman–Crippen MR) is 126 cm³/mol. The van der Waals surface area contributed by atoms with Crippen LogP contribution in [0.4, 0.5) is 11.5 Å². The Morgan fingerprint density at radius 1 is 1.06 bits per heavy atom. The molecule has 0 aliphatic heterocycles. The first kappa shape index (κ1) is 22.6. The number of nitrogens with one attached hydrogen (secondary N) is 1. The fourth-order valence-corrected chi connectivity index (χ4v) is 3.58. The molecule has 0 bridgehead atoms. The monoisotopic (exact) mass is 484 g/mol. The van der Waals surface area contributed by atoms with E-state index in [1.165, 1.54) is 9.47 Å². The minimum Gasteiger partial charge on any atom is -0.383 e. The van der Waals surface area contributed by atoms with Gasteiger partial charge in [-0.05, 0) is 29.7 Å². The van der Waals surface area contributed by atoms with Gasteiger partial charge in [-0.3, -0.25) is 19.1 Å². The van der Waals surface area contributed by atoms with Crippen LogP contribution in [0.5, 0.6) is 0 Å². The van der Waals surface area contributed by atoms with Gasteiger partial charge in [-0.25, -0.2) is 4.79 Å². The van der Waals surface area contributed by atoms with E-state index in [0.29, 0.717) is 13.0 Å². The molecule has 0 radical (unpaired) electrons. The largest absolute Gasteiger partial charge is 0.383 e. The standard InChI is InChI=1S/C23H25BrN4O3/c1-2-3-13-27(19(29)14-16-9-11-18(24)12-10-16)20-21(25)28(23(31)26-22(20)30)15-17-7-5-4-6-8-17/h4-12H,2-3,13-15,25H2,1H3,(H,26,30,31). The SMILES string of the molecule is CCCCN(C(=O)Cc1ccc(Br)cc1)c1c(N)n(Cc2ccccc2)c(=O)[nH]c1=O. The first-order chi connectivity index (χ1) is 14.9. The second kappa shape index (κ2) is 10.3. The number of halogens is 1. The molecular formula is C23H25BrN4O3. The summed E-state index contributed by atoms with van der Waals surface area (Å²) in [5, 5.41) is 0. The smallest absolute Gasteiger partial charge is 0.330 e. The Morgan fingerprint density at radius 3 is 2.39 bits per heavy atom. The number of nitrogen functional groups attached to an aromatic ring is 1. The van der Waals surface area contributed by atoms with Crippen LogP contribution in [0.25, 0.3) is 0 Å². The summed E-state index contributed by atoms with van der Waals surface area (Å²) >= 11 is 3.38. The van der Waals surface area contributed by atoms with Gasteiger partial charge in [0.25, 0.3) is 5.56 Å². The number of nitrogens with zero attached hydrogens (tertiary/aromatic N) is 2. The number of hydrogen-bond donors (Lipinski definition) is 2. The third-order valence-corrected chi connectivity index (χ3v) is 5.50. The summed E-state index contributed by atoms with van der Waals surface area (Å²) in [5.74, 6) is -0.268. The van der Waals surface area contributed by atoms with Crippen LogP contribution >= 0.6 is 15.9 Å². The van der Waals surface area contributed by atoms with Crippen LogP contribution < -0.4 is 21.9 Å². The second-order valence-corrected chi connectivity index (χ2v) is 8.18. The van der Waals surface area contributed by atoms with E-state index in [0.717, 1.165) is 22.0 Å². The number of rotatable bonds is 8. The topological polar surface area (TPSA) is 101 Å². The molecule has 0 fully saturated rings. The fourth-order valence-electron chi connectivity index (χ4n) is 3.31. The maximum absolute atomic E-state index is 13.2. The van der Waals surface area contributed by atoms with E-state index in [9.17, 15) is 14.4 Å². The van der Waals surface area contributed by atoms with E-state index in [-0.39, 0.29) is 30.4 Å². The Kier molecular flexibility index (Phi) is 7.46. The molecule has 0 unspecified atom stereocenters. The number of carbonyl (C=O) groups is 1. The van der Waals surface area contributed by atoms with Crippen molar-refractivity contribution in [3.8, 4) is 0 Å². The van der Waals surface area contributed by atoms with Crippen molar-refractivity contribution in [1.82, 2.24) is 9.55 Å². The first-order valence-corrected chi connectivity index (χ1v) is 10.9. The summed E-state index contributed by atoms with van der Waals surface area (Å²) in [5.41, 5.74) is 6.73. The Labute approximate surface area is 188 Å². The van der Waals surface area contributed by atoms with E-state index >= 15 is 0 Å². The maximum Gasteiger partial charge on any atom is 0.330 e. The van der Waals surface area contributed by atoms with E-state index in [2.05, 4.69) is 20.9 Å². The minimum absolute atomic E-state index is 0.0159. The molecule has 8 heteroatoms. The van der Waals surface area contributed by atoms with Crippen LogP contribution in [-0.2, 0) is 17.8 Å². The lowest BCUT2D eigenvalue weighted by Gasteiger charge is -2.24. The molecule has 3 N–H and O–H groups in total. The number of nitrogens with two attached hydrogens (primary N) is 1. The second-order valence-electron chi connectivity index (χ2n) is 7.27. The van der Waals surface area contributed by atoms with Gasteiger partial charge in [0.05, 0.1) is 13.0 Å². The van der Waals surface area contributed by atoms with Gasteiger partial charge in [-0.15, -0.1) is 0 Å². The van der Waals surface area contributed by atoms with Gasteiger partial charge in [-0.2, -0.15) is 0 Å². The lowest BCUT2D eigenvalue weighted by atomic mass is 10.1. The molecule has 31 heavy (non-hydrogen) atoms. The lowest BCUT2D eigenvalue weighted by Crippen LogP contribution is -2.42. The lowest BCUT2D eigenvalue weighted by molar-refractivity contribution is -0.118. The molecule has 1 aromatic heterocycles. The van der Waals surface area contributed by atoms with Crippen molar-refractivity contribution in [2.45, 2.75) is 32.7 Å². The number of aromatic amines is 1. The molecule has 0 aliphatic rings. The normalized spacial score (nSPS) is 10.8. The molecule has 0 saturated carbocycles. The molecule has 162 valence electrons. The molecular weight excluding hydrogens is 460 g/mol. The molecule has 3 aromatic rings. The Balaban J connectivity index is 2.00. The Hall–Kier alpha value is -3.13. The van der Waals surface area contributed by atoms with Crippen molar-refractivity contribution in [2.24, 2.45) is 0 Å². The number of benzene rings is 2. The van der Waals surface area contributed by atoms with E-state index in [1.807, 2.05) is 61.5 Å². The molecule has 1 amide bonds. The molecule has 2 aromatic carbocycles. The zero-order valence-corrected chi connectivity index (χ0v) is 18.9. The van der Waals surface area contributed by atoms with Gasteiger partial charge in [0, 0.05) is 11.0 Å². The van der Waals surface area contributed by atoms with Gasteiger partial charge in [0.1, 0.15) is 5.82 Å². The number of H-pyrrole nitrogens is 1. The van der Waals surface area contributed by atoms with Crippen molar-refractivity contribution in [3.63, 3.8) is 0 Å². The van der Waals surface area contributed by atoms with Crippen molar-refractivity contribution in [1.29, 1.82) is 0 Å². The quantitative estimate of drug-likeness (QED) is 0.511. The van der Waals surface area contributed by atoms with E-state index < -0.39 is 11.2 Å². The van der Waals surface area contributed by atoms with E-state index in [1.54, 1.807) is 0 Å². The summed E-state index contributed by atoms with van der Waals surface area (Å²) in [6, 6.07) is 16.8. The highest BCUT2D eigenvalue weighted by Crippen LogP contribution is 2.20. The van der Waals surface area contributed by atoms with Gasteiger partial charge >= 0.3 is 5.69 Å². The van der Waals surface area contributed by atoms with Crippen molar-refractivity contribution in [3.05, 3.63) is 91.0 Å². The van der Waals surface area contributed by atoms with Crippen LogP contribution in [0, 0.1) is 0 Å². The minimum atomic E-state index is -0.660. The van der Waals surface area contributed by atoms with Crippen LogP contribution in [0.2, 0.25) is 0 Å². The van der Waals surface area contributed by atoms with Gasteiger partial charge < -0.3 is 10.6 Å². The third-order valence-electron chi connectivity index (χ3n) is 4.97. The zero-order chi connectivity index (χ0) is 22.4. The summed E-state index contributed by atoms with van der Waals surface area (Å²) < 4.78 is 2.21. The average molecular weight is 485 g/mol. The molecule has 1 heterocycles. The number of unbranched alkanes of at least 4 members (excludes halogenated alkanes) is 1. The molecule has 3 rings (SSSR count). The van der Waals surface area contributed by atoms with Crippen LogP contribution in [-0.4, -0.2) is 22.0 Å². The highest BCUT2D eigenvalue weighted by atomic mass is 79.9. The molecule has 0 atom stereocenters. The third kappa shape index (κ3) is 5.52. The number of amides is 1.